The topological polar surface area (TPSA) is 72.2 Å². The molecule has 0 aliphatic heterocycles. The standard InChI is InChI=1S/C22H20N2O2S/c1-15(25)16-10-12-19(13-11-16)24-22(26)21(17-6-3-2-4-7-17)27-20-9-5-8-18(23)14-20/h2-14,21H,23H2,1H3,(H,24,26). The summed E-state index contributed by atoms with van der Waals surface area (Å²) in [6.07, 6.45) is 0. The molecule has 1 amide bonds. The largest absolute Gasteiger partial charge is 0.399 e. The molecule has 136 valence electrons. The molecule has 0 bridgehead atoms. The van der Waals surface area contributed by atoms with Crippen molar-refractivity contribution in [2.75, 3.05) is 11.1 Å². The van der Waals surface area contributed by atoms with E-state index < -0.39 is 5.25 Å². The van der Waals surface area contributed by atoms with Crippen LogP contribution in [0.1, 0.15) is 28.1 Å². The first-order chi connectivity index (χ1) is 13.0. The second-order valence-corrected chi connectivity index (χ2v) is 7.28. The van der Waals surface area contributed by atoms with Gasteiger partial charge in [0, 0.05) is 21.8 Å². The highest BCUT2D eigenvalue weighted by atomic mass is 32.2. The number of benzene rings is 3. The zero-order chi connectivity index (χ0) is 19.2. The fourth-order valence-electron chi connectivity index (χ4n) is 2.62. The first kappa shape index (κ1) is 18.7. The molecule has 0 saturated heterocycles. The minimum Gasteiger partial charge on any atom is -0.399 e. The van der Waals surface area contributed by atoms with E-state index in [1.165, 1.54) is 18.7 Å². The van der Waals surface area contributed by atoms with Crippen LogP contribution in [0, 0.1) is 0 Å². The zero-order valence-electron chi connectivity index (χ0n) is 14.9. The minimum absolute atomic E-state index is 0.00717. The number of thioether (sulfide) groups is 1. The predicted octanol–water partition coefficient (Wildman–Crippen LogP) is 4.94. The van der Waals surface area contributed by atoms with Crippen molar-refractivity contribution in [1.82, 2.24) is 0 Å². The van der Waals surface area contributed by atoms with Crippen molar-refractivity contribution < 1.29 is 9.59 Å². The van der Waals surface area contributed by atoms with Gasteiger partial charge in [0.2, 0.25) is 5.91 Å². The van der Waals surface area contributed by atoms with Crippen molar-refractivity contribution in [3.05, 3.63) is 90.0 Å². The number of rotatable bonds is 6. The molecule has 3 aromatic carbocycles. The van der Waals surface area contributed by atoms with Gasteiger partial charge in [0.15, 0.2) is 5.78 Å². The number of ketones is 1. The first-order valence-corrected chi connectivity index (χ1v) is 9.40. The van der Waals surface area contributed by atoms with Gasteiger partial charge in [-0.3, -0.25) is 9.59 Å². The Morgan fingerprint density at radius 1 is 0.926 bits per heavy atom. The number of nitrogens with two attached hydrogens (primary N) is 1. The maximum absolute atomic E-state index is 13.0. The molecule has 0 aliphatic carbocycles. The van der Waals surface area contributed by atoms with Crippen molar-refractivity contribution in [1.29, 1.82) is 0 Å². The van der Waals surface area contributed by atoms with Gasteiger partial charge >= 0.3 is 0 Å². The number of hydrogen-bond acceptors (Lipinski definition) is 4. The molecule has 0 aliphatic rings. The van der Waals surface area contributed by atoms with Gasteiger partial charge in [0.05, 0.1) is 0 Å². The molecule has 0 saturated carbocycles. The lowest BCUT2D eigenvalue weighted by Gasteiger charge is -2.17. The van der Waals surface area contributed by atoms with Gasteiger partial charge in [0.25, 0.3) is 0 Å². The monoisotopic (exact) mass is 376 g/mol. The fraction of sp³-hybridized carbons (Fsp3) is 0.0909. The first-order valence-electron chi connectivity index (χ1n) is 8.52. The van der Waals surface area contributed by atoms with E-state index in [1.807, 2.05) is 54.6 Å². The lowest BCUT2D eigenvalue weighted by atomic mass is 10.1. The summed E-state index contributed by atoms with van der Waals surface area (Å²) in [7, 11) is 0. The van der Waals surface area contributed by atoms with Crippen LogP contribution in [0.5, 0.6) is 0 Å². The summed E-state index contributed by atoms with van der Waals surface area (Å²) in [5.74, 6) is -0.142. The summed E-state index contributed by atoms with van der Waals surface area (Å²) in [5.41, 5.74) is 8.70. The molecule has 27 heavy (non-hydrogen) atoms. The van der Waals surface area contributed by atoms with Crippen molar-refractivity contribution in [2.24, 2.45) is 0 Å². The molecule has 0 fully saturated rings. The van der Waals surface area contributed by atoms with Crippen LogP contribution in [0.3, 0.4) is 0 Å². The average Bonchev–Trinajstić information content (AvgIpc) is 2.67. The lowest BCUT2D eigenvalue weighted by Crippen LogP contribution is -2.19. The molecule has 5 heteroatoms. The molecule has 3 N–H and O–H groups in total. The number of carbonyl (C=O) groups is 2. The van der Waals surface area contributed by atoms with Crippen molar-refractivity contribution in [2.45, 2.75) is 17.1 Å². The van der Waals surface area contributed by atoms with Crippen molar-refractivity contribution in [3.8, 4) is 0 Å². The Kier molecular flexibility index (Phi) is 5.94. The summed E-state index contributed by atoms with van der Waals surface area (Å²) in [6, 6.07) is 24.0. The quantitative estimate of drug-likeness (QED) is 0.363. The number of carbonyl (C=O) groups excluding carboxylic acids is 2. The van der Waals surface area contributed by atoms with E-state index in [0.717, 1.165) is 10.5 Å². The molecule has 1 atom stereocenters. The Morgan fingerprint density at radius 3 is 2.26 bits per heavy atom. The number of hydrogen-bond donors (Lipinski definition) is 2. The highest BCUT2D eigenvalue weighted by molar-refractivity contribution is 8.00. The molecule has 0 heterocycles. The Labute approximate surface area is 162 Å². The van der Waals surface area contributed by atoms with Crippen molar-refractivity contribution >= 4 is 34.8 Å². The number of nitrogen functional groups attached to an aromatic ring is 1. The van der Waals surface area contributed by atoms with E-state index in [2.05, 4.69) is 5.32 Å². The smallest absolute Gasteiger partial charge is 0.242 e. The second kappa shape index (κ2) is 8.56. The van der Waals surface area contributed by atoms with Crippen LogP contribution in [0.15, 0.2) is 83.8 Å². The molecule has 3 aromatic rings. The van der Waals surface area contributed by atoms with Gasteiger partial charge in [-0.2, -0.15) is 0 Å². The normalized spacial score (nSPS) is 11.6. The van der Waals surface area contributed by atoms with Gasteiger partial charge in [-0.1, -0.05) is 36.4 Å². The molecular weight excluding hydrogens is 356 g/mol. The van der Waals surface area contributed by atoms with E-state index in [0.29, 0.717) is 16.9 Å². The van der Waals surface area contributed by atoms with Crippen LogP contribution in [0.25, 0.3) is 0 Å². The van der Waals surface area contributed by atoms with Crippen molar-refractivity contribution in [3.63, 3.8) is 0 Å². The third-order valence-electron chi connectivity index (χ3n) is 4.01. The summed E-state index contributed by atoms with van der Waals surface area (Å²) in [5, 5.41) is 2.51. The summed E-state index contributed by atoms with van der Waals surface area (Å²) < 4.78 is 0. The van der Waals surface area contributed by atoms with E-state index in [4.69, 9.17) is 5.73 Å². The highest BCUT2D eigenvalue weighted by Gasteiger charge is 2.22. The van der Waals surface area contributed by atoms with Crippen LogP contribution in [0.4, 0.5) is 11.4 Å². The number of amides is 1. The molecular formula is C22H20N2O2S. The number of Topliss-reactive ketones (excluding diaryl/α,β-unsaturated/α-hetero) is 1. The van der Waals surface area contributed by atoms with Gasteiger partial charge in [-0.25, -0.2) is 0 Å². The predicted molar refractivity (Wildman–Crippen MR) is 111 cm³/mol. The lowest BCUT2D eigenvalue weighted by molar-refractivity contribution is -0.115. The Hall–Kier alpha value is -3.05. The van der Waals surface area contributed by atoms with Crippen LogP contribution in [-0.2, 0) is 4.79 Å². The summed E-state index contributed by atoms with van der Waals surface area (Å²) in [4.78, 5) is 25.3. The third kappa shape index (κ3) is 4.99. The minimum atomic E-state index is -0.430. The number of anilines is 2. The Balaban J connectivity index is 1.83. The van der Waals surface area contributed by atoms with E-state index in [9.17, 15) is 9.59 Å². The maximum Gasteiger partial charge on any atom is 0.242 e. The van der Waals surface area contributed by atoms with Gasteiger partial charge in [-0.15, -0.1) is 11.8 Å². The van der Waals surface area contributed by atoms with Crippen LogP contribution < -0.4 is 11.1 Å². The van der Waals surface area contributed by atoms with Gasteiger partial charge in [-0.05, 0) is 55.0 Å². The van der Waals surface area contributed by atoms with Gasteiger partial charge < -0.3 is 11.1 Å². The fourth-order valence-corrected chi connectivity index (χ4v) is 3.71. The molecule has 0 aromatic heterocycles. The third-order valence-corrected chi connectivity index (χ3v) is 5.26. The molecule has 3 rings (SSSR count). The van der Waals surface area contributed by atoms with E-state index in [-0.39, 0.29) is 11.7 Å². The van der Waals surface area contributed by atoms with Crippen LogP contribution in [0.2, 0.25) is 0 Å². The molecule has 1 unspecified atom stereocenters. The molecule has 0 radical (unpaired) electrons. The highest BCUT2D eigenvalue weighted by Crippen LogP contribution is 2.36. The second-order valence-electron chi connectivity index (χ2n) is 6.10. The van der Waals surface area contributed by atoms with Crippen LogP contribution in [-0.4, -0.2) is 11.7 Å². The summed E-state index contributed by atoms with van der Waals surface area (Å²) >= 11 is 1.45. The number of nitrogens with one attached hydrogen (secondary N) is 1. The average molecular weight is 376 g/mol. The maximum atomic E-state index is 13.0. The molecule has 0 spiro atoms. The SMILES string of the molecule is CC(=O)c1ccc(NC(=O)C(Sc2cccc(N)c2)c2ccccc2)cc1. The van der Waals surface area contributed by atoms with Crippen LogP contribution >= 0.6 is 11.8 Å². The zero-order valence-corrected chi connectivity index (χ0v) is 15.7. The summed E-state index contributed by atoms with van der Waals surface area (Å²) in [6.45, 7) is 1.52. The Morgan fingerprint density at radius 2 is 1.63 bits per heavy atom. The van der Waals surface area contributed by atoms with Gasteiger partial charge in [0.1, 0.15) is 5.25 Å². The molecule has 4 nitrogen and oxygen atoms in total. The Bertz CT molecular complexity index is 940. The van der Waals surface area contributed by atoms with E-state index in [1.54, 1.807) is 24.3 Å². The van der Waals surface area contributed by atoms with E-state index >= 15 is 0 Å².